The largest absolute Gasteiger partial charge is 0.383 e. The van der Waals surface area contributed by atoms with E-state index >= 15 is 0 Å². The maximum Gasteiger partial charge on any atom is 0.262 e. The van der Waals surface area contributed by atoms with Crippen LogP contribution >= 0.6 is 11.6 Å². The third-order valence-corrected chi connectivity index (χ3v) is 2.39. The van der Waals surface area contributed by atoms with Gasteiger partial charge in [0.1, 0.15) is 11.6 Å². The molecule has 94 valence electrons. The molecule has 18 heavy (non-hydrogen) atoms. The molecule has 0 spiro atoms. The molecule has 1 aromatic carbocycles. The van der Waals surface area contributed by atoms with Crippen LogP contribution < -0.4 is 5.32 Å². The van der Waals surface area contributed by atoms with Crippen molar-refractivity contribution < 1.29 is 9.53 Å². The van der Waals surface area contributed by atoms with Gasteiger partial charge in [0.15, 0.2) is 0 Å². The molecule has 1 N–H and O–H groups in total. The molecular formula is C13H13ClN2O2. The lowest BCUT2D eigenvalue weighted by molar-refractivity contribution is -0.117. The van der Waals surface area contributed by atoms with Crippen molar-refractivity contribution in [3.63, 3.8) is 0 Å². The third kappa shape index (κ3) is 4.58. The standard InChI is InChI=1S/C13H13ClN2O2/c1-18-7-6-16-13(17)11(9-15)8-10-2-4-12(14)5-3-10/h2-5,8H,6-7H2,1H3,(H,16,17)/b11-8+. The molecular weight excluding hydrogens is 252 g/mol. The van der Waals surface area contributed by atoms with E-state index in [2.05, 4.69) is 5.32 Å². The van der Waals surface area contributed by atoms with Crippen LogP contribution in [0.2, 0.25) is 5.02 Å². The first-order valence-corrected chi connectivity index (χ1v) is 5.69. The Balaban J connectivity index is 2.74. The summed E-state index contributed by atoms with van der Waals surface area (Å²) in [7, 11) is 1.54. The average molecular weight is 265 g/mol. The van der Waals surface area contributed by atoms with Crippen LogP contribution in [0.5, 0.6) is 0 Å². The van der Waals surface area contributed by atoms with E-state index in [-0.39, 0.29) is 5.57 Å². The molecule has 0 fully saturated rings. The lowest BCUT2D eigenvalue weighted by atomic mass is 10.1. The van der Waals surface area contributed by atoms with Crippen molar-refractivity contribution in [2.24, 2.45) is 0 Å². The summed E-state index contributed by atoms with van der Waals surface area (Å²) in [6, 6.07) is 8.74. The van der Waals surface area contributed by atoms with E-state index in [4.69, 9.17) is 21.6 Å². The molecule has 0 atom stereocenters. The maximum atomic E-state index is 11.6. The second-order valence-corrected chi connectivity index (χ2v) is 3.91. The number of amides is 1. The van der Waals surface area contributed by atoms with E-state index in [9.17, 15) is 4.79 Å². The van der Waals surface area contributed by atoms with Gasteiger partial charge in [0.2, 0.25) is 0 Å². The highest BCUT2D eigenvalue weighted by atomic mass is 35.5. The van der Waals surface area contributed by atoms with Crippen LogP contribution in [0.15, 0.2) is 29.8 Å². The van der Waals surface area contributed by atoms with Crippen molar-refractivity contribution >= 4 is 23.6 Å². The van der Waals surface area contributed by atoms with Crippen molar-refractivity contribution in [3.05, 3.63) is 40.4 Å². The van der Waals surface area contributed by atoms with Gasteiger partial charge < -0.3 is 10.1 Å². The smallest absolute Gasteiger partial charge is 0.262 e. The number of halogens is 1. The SMILES string of the molecule is COCCNC(=O)/C(C#N)=C/c1ccc(Cl)cc1. The molecule has 4 nitrogen and oxygen atoms in total. The topological polar surface area (TPSA) is 62.1 Å². The third-order valence-electron chi connectivity index (χ3n) is 2.14. The number of hydrogen-bond acceptors (Lipinski definition) is 3. The number of nitrogens with one attached hydrogen (secondary N) is 1. The van der Waals surface area contributed by atoms with E-state index in [1.165, 1.54) is 6.08 Å². The number of nitriles is 1. The van der Waals surface area contributed by atoms with Crippen LogP contribution in [0.1, 0.15) is 5.56 Å². The van der Waals surface area contributed by atoms with E-state index in [1.807, 2.05) is 6.07 Å². The highest BCUT2D eigenvalue weighted by Crippen LogP contribution is 2.12. The monoisotopic (exact) mass is 264 g/mol. The molecule has 0 aliphatic carbocycles. The van der Waals surface area contributed by atoms with Crippen molar-refractivity contribution in [1.82, 2.24) is 5.32 Å². The highest BCUT2D eigenvalue weighted by Gasteiger charge is 2.07. The maximum absolute atomic E-state index is 11.6. The summed E-state index contributed by atoms with van der Waals surface area (Å²) in [6.07, 6.45) is 1.51. The fourth-order valence-electron chi connectivity index (χ4n) is 1.24. The van der Waals surface area contributed by atoms with Gasteiger partial charge in [-0.2, -0.15) is 5.26 Å². The first kappa shape index (κ1) is 14.2. The lowest BCUT2D eigenvalue weighted by Gasteiger charge is -2.03. The number of benzene rings is 1. The average Bonchev–Trinajstić information content (AvgIpc) is 2.38. The molecule has 0 aliphatic rings. The molecule has 5 heteroatoms. The number of methoxy groups -OCH3 is 1. The molecule has 0 unspecified atom stereocenters. The van der Waals surface area contributed by atoms with E-state index in [0.29, 0.717) is 18.2 Å². The molecule has 1 rings (SSSR count). The van der Waals surface area contributed by atoms with Crippen LogP contribution in [0.3, 0.4) is 0 Å². The minimum Gasteiger partial charge on any atom is -0.383 e. The highest BCUT2D eigenvalue weighted by molar-refractivity contribution is 6.30. The summed E-state index contributed by atoms with van der Waals surface area (Å²) >= 11 is 5.75. The van der Waals surface area contributed by atoms with E-state index < -0.39 is 5.91 Å². The Labute approximate surface area is 111 Å². The number of nitrogens with zero attached hydrogens (tertiary/aromatic N) is 1. The zero-order chi connectivity index (χ0) is 13.4. The van der Waals surface area contributed by atoms with Gasteiger partial charge >= 0.3 is 0 Å². The summed E-state index contributed by atoms with van der Waals surface area (Å²) in [5.41, 5.74) is 0.797. The van der Waals surface area contributed by atoms with Crippen molar-refractivity contribution in [2.75, 3.05) is 20.3 Å². The Morgan fingerprint density at radius 2 is 2.17 bits per heavy atom. The fraction of sp³-hybridized carbons (Fsp3) is 0.231. The van der Waals surface area contributed by atoms with Gasteiger partial charge in [-0.25, -0.2) is 0 Å². The van der Waals surface area contributed by atoms with E-state index in [1.54, 1.807) is 31.4 Å². The predicted molar refractivity (Wildman–Crippen MR) is 69.9 cm³/mol. The van der Waals surface area contributed by atoms with Gasteiger partial charge in [-0.05, 0) is 23.8 Å². The Bertz CT molecular complexity index is 475. The van der Waals surface area contributed by atoms with Crippen molar-refractivity contribution in [1.29, 1.82) is 5.26 Å². The quantitative estimate of drug-likeness (QED) is 0.503. The lowest BCUT2D eigenvalue weighted by Crippen LogP contribution is -2.27. The van der Waals surface area contributed by atoms with Crippen molar-refractivity contribution in [2.45, 2.75) is 0 Å². The Morgan fingerprint density at radius 3 is 2.72 bits per heavy atom. The second-order valence-electron chi connectivity index (χ2n) is 3.47. The molecule has 0 saturated carbocycles. The summed E-state index contributed by atoms with van der Waals surface area (Å²) in [6.45, 7) is 0.778. The summed E-state index contributed by atoms with van der Waals surface area (Å²) in [5.74, 6) is -0.412. The summed E-state index contributed by atoms with van der Waals surface area (Å²) < 4.78 is 4.81. The predicted octanol–water partition coefficient (Wildman–Crippen LogP) is 2.01. The second kappa shape index (κ2) is 7.49. The zero-order valence-corrected chi connectivity index (χ0v) is 10.7. The van der Waals surface area contributed by atoms with Crippen LogP contribution in [-0.4, -0.2) is 26.2 Å². The van der Waals surface area contributed by atoms with Crippen LogP contribution in [0.4, 0.5) is 0 Å². The molecule has 1 amide bonds. The molecule has 0 saturated heterocycles. The number of carbonyl (C=O) groups excluding carboxylic acids is 1. The molecule has 0 heterocycles. The number of carbonyl (C=O) groups is 1. The van der Waals surface area contributed by atoms with Crippen LogP contribution in [0, 0.1) is 11.3 Å². The Kier molecular flexibility index (Phi) is 5.92. The minimum absolute atomic E-state index is 0.0495. The number of ether oxygens (including phenoxy) is 1. The molecule has 0 bridgehead atoms. The van der Waals surface area contributed by atoms with Crippen LogP contribution in [-0.2, 0) is 9.53 Å². The Hall–Kier alpha value is -1.83. The Morgan fingerprint density at radius 1 is 1.50 bits per heavy atom. The minimum atomic E-state index is -0.412. The summed E-state index contributed by atoms with van der Waals surface area (Å²) in [5, 5.41) is 12.1. The first-order valence-electron chi connectivity index (χ1n) is 5.32. The number of rotatable bonds is 5. The van der Waals surface area contributed by atoms with Crippen molar-refractivity contribution in [3.8, 4) is 6.07 Å². The van der Waals surface area contributed by atoms with Gasteiger partial charge in [0.05, 0.1) is 6.61 Å². The molecule has 0 radical (unpaired) electrons. The normalized spacial score (nSPS) is 10.8. The van der Waals surface area contributed by atoms with Gasteiger partial charge in [-0.1, -0.05) is 23.7 Å². The summed E-state index contributed by atoms with van der Waals surface area (Å²) in [4.78, 5) is 11.6. The van der Waals surface area contributed by atoms with Gasteiger partial charge in [-0.3, -0.25) is 4.79 Å². The first-order chi connectivity index (χ1) is 8.67. The number of hydrogen-bond donors (Lipinski definition) is 1. The van der Waals surface area contributed by atoms with Gasteiger partial charge in [0, 0.05) is 18.7 Å². The van der Waals surface area contributed by atoms with Crippen LogP contribution in [0.25, 0.3) is 6.08 Å². The molecule has 1 aromatic rings. The fourth-order valence-corrected chi connectivity index (χ4v) is 1.36. The molecule has 0 aromatic heterocycles. The zero-order valence-electron chi connectivity index (χ0n) is 9.94. The molecule has 0 aliphatic heterocycles. The van der Waals surface area contributed by atoms with Gasteiger partial charge in [0.25, 0.3) is 5.91 Å². The van der Waals surface area contributed by atoms with E-state index in [0.717, 1.165) is 5.56 Å². The van der Waals surface area contributed by atoms with Gasteiger partial charge in [-0.15, -0.1) is 0 Å².